The van der Waals surface area contributed by atoms with Gasteiger partial charge in [-0.15, -0.1) is 11.0 Å². The maximum Gasteiger partial charge on any atom is 0.284 e. The number of amidine groups is 1. The van der Waals surface area contributed by atoms with Gasteiger partial charge in [0.1, 0.15) is 11.5 Å². The maximum atomic E-state index is 12.9. The normalized spacial score (nSPS) is 16.7. The van der Waals surface area contributed by atoms with Crippen molar-refractivity contribution >= 4 is 50.5 Å². The van der Waals surface area contributed by atoms with Gasteiger partial charge >= 0.3 is 0 Å². The van der Waals surface area contributed by atoms with Gasteiger partial charge in [0.2, 0.25) is 0 Å². The molecule has 0 aliphatic carbocycles. The molecule has 1 fully saturated rings. The van der Waals surface area contributed by atoms with Gasteiger partial charge in [-0.3, -0.25) is 9.69 Å². The van der Waals surface area contributed by atoms with E-state index in [9.17, 15) is 13.2 Å². The van der Waals surface area contributed by atoms with Crippen LogP contribution in [0.25, 0.3) is 6.08 Å². The minimum absolute atomic E-state index is 0.0229. The number of ether oxygens (including phenoxy) is 2. The van der Waals surface area contributed by atoms with Gasteiger partial charge in [-0.05, 0) is 54.2 Å². The lowest BCUT2D eigenvalue weighted by molar-refractivity contribution is -0.121. The van der Waals surface area contributed by atoms with E-state index in [1.54, 1.807) is 31.4 Å². The molecule has 2 aromatic rings. The quantitative estimate of drug-likeness (QED) is 0.438. The summed E-state index contributed by atoms with van der Waals surface area (Å²) in [4.78, 5) is 14.5. The van der Waals surface area contributed by atoms with Crippen LogP contribution in [-0.2, 0) is 14.8 Å². The first-order valence-corrected chi connectivity index (χ1v) is 11.6. The van der Waals surface area contributed by atoms with Crippen molar-refractivity contribution in [3.63, 3.8) is 0 Å². The van der Waals surface area contributed by atoms with Gasteiger partial charge in [0.05, 0.1) is 24.0 Å². The highest BCUT2D eigenvalue weighted by atomic mass is 35.5. The van der Waals surface area contributed by atoms with E-state index in [4.69, 9.17) is 21.1 Å². The lowest BCUT2D eigenvalue weighted by Gasteiger charge is -2.12. The Labute approximate surface area is 190 Å². The molecule has 10 heteroatoms. The van der Waals surface area contributed by atoms with Crippen LogP contribution in [0.15, 0.2) is 69.3 Å². The molecule has 0 spiro atoms. The minimum Gasteiger partial charge on any atom is -0.497 e. The van der Waals surface area contributed by atoms with Crippen LogP contribution in [-0.4, -0.2) is 45.2 Å². The fraction of sp³-hybridized carbons (Fsp3) is 0.143. The van der Waals surface area contributed by atoms with Crippen LogP contribution in [0.4, 0.5) is 0 Å². The second kappa shape index (κ2) is 9.59. The van der Waals surface area contributed by atoms with Crippen LogP contribution in [0.5, 0.6) is 11.5 Å². The van der Waals surface area contributed by atoms with E-state index in [1.807, 2.05) is 0 Å². The molecule has 1 saturated heterocycles. The number of hydrogen-bond donors (Lipinski definition) is 0. The molecule has 0 aromatic heterocycles. The molecule has 1 heterocycles. The van der Waals surface area contributed by atoms with E-state index in [2.05, 4.69) is 11.0 Å². The van der Waals surface area contributed by atoms with E-state index < -0.39 is 10.0 Å². The number of nitrogens with zero attached hydrogens (tertiary/aromatic N) is 2. The van der Waals surface area contributed by atoms with Crippen molar-refractivity contribution in [2.75, 3.05) is 20.8 Å². The largest absolute Gasteiger partial charge is 0.497 e. The molecule has 7 nitrogen and oxygen atoms in total. The maximum absolute atomic E-state index is 12.9. The summed E-state index contributed by atoms with van der Waals surface area (Å²) in [6.07, 6.45) is 3.12. The van der Waals surface area contributed by atoms with E-state index in [-0.39, 0.29) is 22.5 Å². The Morgan fingerprint density at radius 1 is 1.16 bits per heavy atom. The summed E-state index contributed by atoms with van der Waals surface area (Å²) < 4.78 is 39.9. The minimum atomic E-state index is -4.04. The Hall–Kier alpha value is -2.75. The van der Waals surface area contributed by atoms with Crippen LogP contribution in [0.2, 0.25) is 5.02 Å². The van der Waals surface area contributed by atoms with Gasteiger partial charge in [0, 0.05) is 23.2 Å². The molecule has 162 valence electrons. The SMILES string of the molecule is C=CCN1C(=O)/C(=C/c2ccc(OC)cc2OC)S/C1=N\S(=O)(=O)c1ccc(Cl)cc1. The van der Waals surface area contributed by atoms with Gasteiger partial charge in [0.15, 0.2) is 5.17 Å². The van der Waals surface area contributed by atoms with Crippen molar-refractivity contribution < 1.29 is 22.7 Å². The van der Waals surface area contributed by atoms with Crippen LogP contribution in [0, 0.1) is 0 Å². The molecule has 0 atom stereocenters. The first-order valence-electron chi connectivity index (χ1n) is 8.94. The summed E-state index contributed by atoms with van der Waals surface area (Å²) in [5, 5.41) is 0.447. The zero-order valence-electron chi connectivity index (χ0n) is 16.7. The highest BCUT2D eigenvalue weighted by Gasteiger charge is 2.34. The van der Waals surface area contributed by atoms with Crippen molar-refractivity contribution in [1.29, 1.82) is 0 Å². The zero-order chi connectivity index (χ0) is 22.6. The Morgan fingerprint density at radius 3 is 2.48 bits per heavy atom. The molecule has 1 amide bonds. The second-order valence-electron chi connectivity index (χ2n) is 6.23. The number of rotatable bonds is 7. The average Bonchev–Trinajstić information content (AvgIpc) is 3.03. The smallest absolute Gasteiger partial charge is 0.284 e. The number of carbonyl (C=O) groups is 1. The van der Waals surface area contributed by atoms with Gasteiger partial charge < -0.3 is 9.47 Å². The summed E-state index contributed by atoms with van der Waals surface area (Å²) >= 11 is 6.79. The van der Waals surface area contributed by atoms with Crippen LogP contribution >= 0.6 is 23.4 Å². The Kier molecular flexibility index (Phi) is 7.09. The molecule has 0 saturated carbocycles. The van der Waals surface area contributed by atoms with Crippen molar-refractivity contribution in [2.24, 2.45) is 4.40 Å². The van der Waals surface area contributed by atoms with Crippen LogP contribution < -0.4 is 9.47 Å². The lowest BCUT2D eigenvalue weighted by Crippen LogP contribution is -2.29. The van der Waals surface area contributed by atoms with Crippen molar-refractivity contribution in [1.82, 2.24) is 4.90 Å². The number of hydrogen-bond acceptors (Lipinski definition) is 6. The topological polar surface area (TPSA) is 85.3 Å². The molecule has 1 aliphatic heterocycles. The molecular weight excluding hydrogens is 460 g/mol. The molecule has 31 heavy (non-hydrogen) atoms. The highest BCUT2D eigenvalue weighted by molar-refractivity contribution is 8.19. The van der Waals surface area contributed by atoms with Crippen LogP contribution in [0.3, 0.4) is 0 Å². The first-order chi connectivity index (χ1) is 14.8. The number of thioether (sulfide) groups is 1. The predicted octanol–water partition coefficient (Wildman–Crippen LogP) is 4.20. The molecular formula is C21H19ClN2O5S2. The third-order valence-electron chi connectivity index (χ3n) is 4.24. The van der Waals surface area contributed by atoms with Crippen molar-refractivity contribution in [3.05, 3.63) is 70.6 Å². The molecule has 0 bridgehead atoms. The van der Waals surface area contributed by atoms with E-state index >= 15 is 0 Å². The van der Waals surface area contributed by atoms with E-state index in [0.717, 1.165) is 11.8 Å². The van der Waals surface area contributed by atoms with E-state index in [1.165, 1.54) is 42.4 Å². The summed E-state index contributed by atoms with van der Waals surface area (Å²) in [6.45, 7) is 3.75. The highest BCUT2D eigenvalue weighted by Crippen LogP contribution is 2.36. The fourth-order valence-electron chi connectivity index (χ4n) is 2.71. The first kappa shape index (κ1) is 22.9. The summed E-state index contributed by atoms with van der Waals surface area (Å²) in [5.74, 6) is 0.733. The molecule has 1 aliphatic rings. The number of halogens is 1. The molecule has 2 aromatic carbocycles. The number of methoxy groups -OCH3 is 2. The number of benzene rings is 2. The van der Waals surface area contributed by atoms with Gasteiger partial charge in [0.25, 0.3) is 15.9 Å². The third kappa shape index (κ3) is 5.12. The number of amides is 1. The lowest BCUT2D eigenvalue weighted by atomic mass is 10.1. The van der Waals surface area contributed by atoms with Gasteiger partial charge in [-0.1, -0.05) is 17.7 Å². The van der Waals surface area contributed by atoms with Gasteiger partial charge in [-0.25, -0.2) is 0 Å². The molecule has 3 rings (SSSR count). The standard InChI is InChI=1S/C21H19ClN2O5S2/c1-4-11-24-20(25)19(12-14-5-8-16(28-2)13-18(14)29-3)30-21(24)23-31(26,27)17-9-6-15(22)7-10-17/h4-10,12-13H,1,11H2,2-3H3/b19-12-,23-21-. The monoisotopic (exact) mass is 478 g/mol. The fourth-order valence-corrected chi connectivity index (χ4v) is 5.01. The van der Waals surface area contributed by atoms with E-state index in [0.29, 0.717) is 27.0 Å². The summed E-state index contributed by atoms with van der Waals surface area (Å²) in [5.41, 5.74) is 0.638. The Balaban J connectivity index is 2.01. The summed E-state index contributed by atoms with van der Waals surface area (Å²) in [6, 6.07) is 10.8. The second-order valence-corrected chi connectivity index (χ2v) is 9.28. The number of sulfonamides is 1. The predicted molar refractivity (Wildman–Crippen MR) is 123 cm³/mol. The molecule has 0 N–H and O–H groups in total. The zero-order valence-corrected chi connectivity index (χ0v) is 19.1. The van der Waals surface area contributed by atoms with Crippen molar-refractivity contribution in [2.45, 2.75) is 4.90 Å². The number of carbonyl (C=O) groups excluding carboxylic acids is 1. The third-order valence-corrected chi connectivity index (χ3v) is 6.89. The Morgan fingerprint density at radius 2 is 1.87 bits per heavy atom. The Bertz CT molecular complexity index is 1170. The molecule has 0 unspecified atom stereocenters. The molecule has 0 radical (unpaired) electrons. The van der Waals surface area contributed by atoms with Crippen LogP contribution in [0.1, 0.15) is 5.56 Å². The summed E-state index contributed by atoms with van der Waals surface area (Å²) in [7, 11) is -0.990. The van der Waals surface area contributed by atoms with Gasteiger partial charge in [-0.2, -0.15) is 8.42 Å². The average molecular weight is 479 g/mol. The van der Waals surface area contributed by atoms with Crippen molar-refractivity contribution in [3.8, 4) is 11.5 Å².